The summed E-state index contributed by atoms with van der Waals surface area (Å²) in [7, 11) is 0. The zero-order valence-corrected chi connectivity index (χ0v) is 13.2. The Morgan fingerprint density at radius 2 is 1.74 bits per heavy atom. The van der Waals surface area contributed by atoms with E-state index in [4.69, 9.17) is 10.5 Å². The Kier molecular flexibility index (Phi) is 5.30. The van der Waals surface area contributed by atoms with Gasteiger partial charge in [-0.25, -0.2) is 0 Å². The summed E-state index contributed by atoms with van der Waals surface area (Å²) < 4.78 is 6.58. The first kappa shape index (κ1) is 15.3. The van der Waals surface area contributed by atoms with E-state index in [1.807, 2.05) is 0 Å². The van der Waals surface area contributed by atoms with Gasteiger partial charge in [-0.2, -0.15) is 0 Å². The predicted octanol–water partition coefficient (Wildman–Crippen LogP) is 4.13. The lowest BCUT2D eigenvalue weighted by atomic mass is 9.74. The highest BCUT2D eigenvalue weighted by atomic mass is 16.5. The molecule has 0 aromatic carbocycles. The van der Waals surface area contributed by atoms with Gasteiger partial charge in [-0.15, -0.1) is 0 Å². The number of rotatable bonds is 4. The lowest BCUT2D eigenvalue weighted by molar-refractivity contribution is -0.140. The number of hydrogen-bond acceptors (Lipinski definition) is 2. The highest BCUT2D eigenvalue weighted by Gasteiger charge is 2.39. The van der Waals surface area contributed by atoms with Crippen LogP contribution in [0.15, 0.2) is 0 Å². The van der Waals surface area contributed by atoms with Crippen molar-refractivity contribution in [3.8, 4) is 0 Å². The average molecular weight is 267 g/mol. The van der Waals surface area contributed by atoms with Crippen LogP contribution in [0.4, 0.5) is 0 Å². The van der Waals surface area contributed by atoms with E-state index in [1.165, 1.54) is 51.4 Å². The summed E-state index contributed by atoms with van der Waals surface area (Å²) >= 11 is 0. The van der Waals surface area contributed by atoms with Gasteiger partial charge < -0.3 is 10.5 Å². The molecule has 2 saturated carbocycles. The lowest BCUT2D eigenvalue weighted by Crippen LogP contribution is -2.48. The van der Waals surface area contributed by atoms with Gasteiger partial charge in [-0.1, -0.05) is 33.6 Å². The minimum atomic E-state index is 0.00164. The highest BCUT2D eigenvalue weighted by Crippen LogP contribution is 2.40. The van der Waals surface area contributed by atoms with Gasteiger partial charge >= 0.3 is 0 Å². The van der Waals surface area contributed by atoms with Gasteiger partial charge in [0.05, 0.1) is 11.7 Å². The summed E-state index contributed by atoms with van der Waals surface area (Å²) in [5, 5.41) is 0. The van der Waals surface area contributed by atoms with E-state index in [9.17, 15) is 0 Å². The lowest BCUT2D eigenvalue weighted by Gasteiger charge is -2.44. The molecule has 0 heterocycles. The Labute approximate surface area is 119 Å². The van der Waals surface area contributed by atoms with Crippen LogP contribution in [-0.4, -0.2) is 18.2 Å². The second-order valence-corrected chi connectivity index (χ2v) is 7.39. The zero-order valence-electron chi connectivity index (χ0n) is 13.2. The molecule has 0 aromatic rings. The minimum absolute atomic E-state index is 0.00164. The molecule has 112 valence electrons. The predicted molar refractivity (Wildman–Crippen MR) is 81.1 cm³/mol. The third-order valence-electron chi connectivity index (χ3n) is 5.69. The second kappa shape index (κ2) is 6.58. The molecule has 2 N–H and O–H groups in total. The maximum absolute atomic E-state index is 6.58. The molecule has 0 amide bonds. The van der Waals surface area contributed by atoms with E-state index < -0.39 is 0 Å². The number of hydrogen-bond donors (Lipinski definition) is 1. The van der Waals surface area contributed by atoms with Crippen LogP contribution in [0.2, 0.25) is 0 Å². The summed E-state index contributed by atoms with van der Waals surface area (Å²) in [6, 6.07) is 0. The van der Waals surface area contributed by atoms with Crippen LogP contribution in [-0.2, 0) is 4.74 Å². The topological polar surface area (TPSA) is 35.2 Å². The van der Waals surface area contributed by atoms with E-state index in [-0.39, 0.29) is 5.60 Å². The molecule has 2 nitrogen and oxygen atoms in total. The van der Waals surface area contributed by atoms with Gasteiger partial charge in [-0.3, -0.25) is 0 Å². The molecule has 2 rings (SSSR count). The van der Waals surface area contributed by atoms with Crippen molar-refractivity contribution in [2.24, 2.45) is 23.5 Å². The Bertz CT molecular complexity index is 268. The summed E-state index contributed by atoms with van der Waals surface area (Å²) in [4.78, 5) is 0. The van der Waals surface area contributed by atoms with Crippen molar-refractivity contribution < 1.29 is 4.74 Å². The molecule has 0 radical (unpaired) electrons. The molecule has 2 atom stereocenters. The molecule has 0 spiro atoms. The van der Waals surface area contributed by atoms with Crippen molar-refractivity contribution >= 4 is 0 Å². The van der Waals surface area contributed by atoms with Crippen molar-refractivity contribution in [1.29, 1.82) is 0 Å². The van der Waals surface area contributed by atoms with E-state index in [0.29, 0.717) is 12.6 Å². The van der Waals surface area contributed by atoms with E-state index in [2.05, 4.69) is 20.8 Å². The Hall–Kier alpha value is -0.0800. The van der Waals surface area contributed by atoms with Crippen molar-refractivity contribution in [1.82, 2.24) is 0 Å². The van der Waals surface area contributed by atoms with Crippen LogP contribution in [0, 0.1) is 17.8 Å². The van der Waals surface area contributed by atoms with Gasteiger partial charge in [-0.05, 0) is 56.3 Å². The van der Waals surface area contributed by atoms with Crippen LogP contribution in [0.1, 0.15) is 72.1 Å². The largest absolute Gasteiger partial charge is 0.370 e. The second-order valence-electron chi connectivity index (χ2n) is 7.39. The summed E-state index contributed by atoms with van der Waals surface area (Å²) in [5.74, 6) is 2.41. The fourth-order valence-electron chi connectivity index (χ4n) is 3.98. The van der Waals surface area contributed by atoms with Crippen LogP contribution >= 0.6 is 0 Å². The Morgan fingerprint density at radius 1 is 1.11 bits per heavy atom. The van der Waals surface area contributed by atoms with Gasteiger partial charge in [0.2, 0.25) is 0 Å². The van der Waals surface area contributed by atoms with Crippen LogP contribution in [0.5, 0.6) is 0 Å². The molecule has 2 unspecified atom stereocenters. The Morgan fingerprint density at radius 3 is 2.26 bits per heavy atom. The SMILES string of the molecule is CC(C)C1CCC(CN)(OC2CCCCC2C)CC1. The maximum atomic E-state index is 6.58. The third kappa shape index (κ3) is 3.72. The van der Waals surface area contributed by atoms with E-state index in [0.717, 1.165) is 17.8 Å². The first-order valence-corrected chi connectivity index (χ1v) is 8.44. The maximum Gasteiger partial charge on any atom is 0.0808 e. The smallest absolute Gasteiger partial charge is 0.0808 e. The van der Waals surface area contributed by atoms with Crippen LogP contribution in [0.25, 0.3) is 0 Å². The van der Waals surface area contributed by atoms with Crippen molar-refractivity contribution in [2.45, 2.75) is 83.8 Å². The molecule has 2 heteroatoms. The van der Waals surface area contributed by atoms with Gasteiger partial charge in [0.1, 0.15) is 0 Å². The highest BCUT2D eigenvalue weighted by molar-refractivity contribution is 4.91. The first-order chi connectivity index (χ1) is 9.06. The number of ether oxygens (including phenoxy) is 1. The standard InChI is InChI=1S/C17H33NO/c1-13(2)15-8-10-17(12-18,11-9-15)19-16-7-5-4-6-14(16)3/h13-16H,4-12,18H2,1-3H3. The molecule has 2 fully saturated rings. The van der Waals surface area contributed by atoms with E-state index >= 15 is 0 Å². The van der Waals surface area contributed by atoms with Crippen molar-refractivity contribution in [2.75, 3.05) is 6.54 Å². The molecule has 19 heavy (non-hydrogen) atoms. The van der Waals surface area contributed by atoms with Gasteiger partial charge in [0, 0.05) is 6.54 Å². The van der Waals surface area contributed by atoms with Crippen LogP contribution < -0.4 is 5.73 Å². The average Bonchev–Trinajstić information content (AvgIpc) is 2.42. The molecule has 2 aliphatic carbocycles. The molecule has 2 aliphatic rings. The fourth-order valence-corrected chi connectivity index (χ4v) is 3.98. The third-order valence-corrected chi connectivity index (χ3v) is 5.69. The van der Waals surface area contributed by atoms with Gasteiger partial charge in [0.25, 0.3) is 0 Å². The zero-order chi connectivity index (χ0) is 13.9. The summed E-state index contributed by atoms with van der Waals surface area (Å²) in [5.41, 5.74) is 6.10. The minimum Gasteiger partial charge on any atom is -0.370 e. The summed E-state index contributed by atoms with van der Waals surface area (Å²) in [6.45, 7) is 7.77. The summed E-state index contributed by atoms with van der Waals surface area (Å²) in [6.07, 6.45) is 10.7. The van der Waals surface area contributed by atoms with Crippen molar-refractivity contribution in [3.63, 3.8) is 0 Å². The van der Waals surface area contributed by atoms with Gasteiger partial charge in [0.15, 0.2) is 0 Å². The molecule has 0 aliphatic heterocycles. The Balaban J connectivity index is 1.92. The van der Waals surface area contributed by atoms with Crippen molar-refractivity contribution in [3.05, 3.63) is 0 Å². The monoisotopic (exact) mass is 267 g/mol. The molecular formula is C17H33NO. The normalized spacial score (nSPS) is 40.6. The van der Waals surface area contributed by atoms with Crippen LogP contribution in [0.3, 0.4) is 0 Å². The first-order valence-electron chi connectivity index (χ1n) is 8.44. The fraction of sp³-hybridized carbons (Fsp3) is 1.00. The molecular weight excluding hydrogens is 234 g/mol. The van der Waals surface area contributed by atoms with E-state index in [1.54, 1.807) is 0 Å². The number of nitrogens with two attached hydrogens (primary N) is 1. The molecule has 0 saturated heterocycles. The quantitative estimate of drug-likeness (QED) is 0.831. The molecule has 0 aromatic heterocycles. The molecule has 0 bridgehead atoms.